The van der Waals surface area contributed by atoms with Gasteiger partial charge in [-0.05, 0) is 60.9 Å². The zero-order valence-corrected chi connectivity index (χ0v) is 12.4. The van der Waals surface area contributed by atoms with Crippen LogP contribution in [-0.2, 0) is 30.4 Å². The number of aryl methyl sites for hydroxylation is 4. The Morgan fingerprint density at radius 3 is 2.14 bits per heavy atom. The maximum Gasteiger partial charge on any atom is 0.338 e. The summed E-state index contributed by atoms with van der Waals surface area (Å²) in [6, 6.07) is 15.1. The lowest BCUT2D eigenvalue weighted by molar-refractivity contribution is 0.0525. The number of benzene rings is 2. The van der Waals surface area contributed by atoms with Gasteiger partial charge in [0.05, 0.1) is 12.2 Å². The summed E-state index contributed by atoms with van der Waals surface area (Å²) in [6.07, 6.45) is 3.77. The number of hydrogen-bond donors (Lipinski definition) is 0. The summed E-state index contributed by atoms with van der Waals surface area (Å²) in [5, 5.41) is 0. The van der Waals surface area contributed by atoms with Crippen LogP contribution in [0.1, 0.15) is 39.5 Å². The highest BCUT2D eigenvalue weighted by molar-refractivity contribution is 5.91. The molecule has 2 aromatic rings. The van der Waals surface area contributed by atoms with Crippen LogP contribution in [0.2, 0.25) is 0 Å². The first-order chi connectivity index (χ1) is 10.3. The molecule has 4 aliphatic carbocycles. The summed E-state index contributed by atoms with van der Waals surface area (Å²) in [7, 11) is 0. The summed E-state index contributed by atoms with van der Waals surface area (Å²) in [4.78, 5) is 12.2. The van der Waals surface area contributed by atoms with E-state index in [0.717, 1.165) is 36.8 Å². The molecule has 2 heteroatoms. The average molecular weight is 280 g/mol. The smallest absolute Gasteiger partial charge is 0.338 e. The van der Waals surface area contributed by atoms with Gasteiger partial charge in [-0.15, -0.1) is 0 Å². The number of rotatable bonds is 2. The number of hydrogen-bond acceptors (Lipinski definition) is 2. The Bertz CT molecular complexity index is 641. The molecule has 0 spiro atoms. The van der Waals surface area contributed by atoms with E-state index in [2.05, 4.69) is 36.4 Å². The molecule has 0 N–H and O–H groups in total. The van der Waals surface area contributed by atoms with Crippen LogP contribution in [0.3, 0.4) is 0 Å². The van der Waals surface area contributed by atoms with Crippen molar-refractivity contribution in [3.05, 3.63) is 70.3 Å². The van der Waals surface area contributed by atoms with Gasteiger partial charge in [-0.1, -0.05) is 36.4 Å². The molecular weight excluding hydrogens is 260 g/mol. The number of esters is 1. The van der Waals surface area contributed by atoms with Crippen LogP contribution in [0.15, 0.2) is 42.5 Å². The molecule has 4 bridgehead atoms. The largest absolute Gasteiger partial charge is 0.462 e. The van der Waals surface area contributed by atoms with E-state index in [1.807, 2.05) is 13.0 Å². The van der Waals surface area contributed by atoms with E-state index in [1.165, 1.54) is 16.7 Å². The van der Waals surface area contributed by atoms with Crippen molar-refractivity contribution in [1.29, 1.82) is 0 Å². The van der Waals surface area contributed by atoms with Gasteiger partial charge < -0.3 is 4.74 Å². The SMILES string of the molecule is CCOC(=O)c1cc2ccc1CCc1ccc(cc1)CC2. The molecule has 0 amide bonds. The molecule has 4 aliphatic rings. The minimum absolute atomic E-state index is 0.194. The molecular formula is C19H20O2. The van der Waals surface area contributed by atoms with Crippen LogP contribution in [0.25, 0.3) is 0 Å². The summed E-state index contributed by atoms with van der Waals surface area (Å²) in [6.45, 7) is 2.27. The molecule has 0 aliphatic heterocycles. The minimum atomic E-state index is -0.194. The Balaban J connectivity index is 1.97. The lowest BCUT2D eigenvalue weighted by Crippen LogP contribution is -2.10. The van der Waals surface area contributed by atoms with Gasteiger partial charge in [-0.25, -0.2) is 4.79 Å². The van der Waals surface area contributed by atoms with Crippen LogP contribution in [0, 0.1) is 0 Å². The van der Waals surface area contributed by atoms with Crippen LogP contribution in [0.5, 0.6) is 0 Å². The zero-order chi connectivity index (χ0) is 14.7. The third-order valence-corrected chi connectivity index (χ3v) is 4.08. The molecule has 21 heavy (non-hydrogen) atoms. The zero-order valence-electron chi connectivity index (χ0n) is 12.4. The van der Waals surface area contributed by atoms with Crippen molar-refractivity contribution in [2.45, 2.75) is 32.6 Å². The molecule has 6 rings (SSSR count). The van der Waals surface area contributed by atoms with Gasteiger partial charge in [-0.2, -0.15) is 0 Å². The fourth-order valence-corrected chi connectivity index (χ4v) is 2.84. The maximum absolute atomic E-state index is 12.2. The van der Waals surface area contributed by atoms with E-state index in [-0.39, 0.29) is 5.97 Å². The molecule has 2 aromatic carbocycles. The third kappa shape index (κ3) is 3.15. The Morgan fingerprint density at radius 2 is 1.48 bits per heavy atom. The lowest BCUT2D eigenvalue weighted by atomic mass is 9.93. The van der Waals surface area contributed by atoms with E-state index in [4.69, 9.17) is 4.74 Å². The summed E-state index contributed by atoms with van der Waals surface area (Å²) >= 11 is 0. The van der Waals surface area contributed by atoms with Crippen LogP contribution < -0.4 is 0 Å². The van der Waals surface area contributed by atoms with Gasteiger partial charge in [0, 0.05) is 0 Å². The Morgan fingerprint density at radius 1 is 0.905 bits per heavy atom. The Labute approximate surface area is 125 Å². The molecule has 0 atom stereocenters. The molecule has 0 aromatic heterocycles. The monoisotopic (exact) mass is 280 g/mol. The topological polar surface area (TPSA) is 26.3 Å². The molecule has 2 nitrogen and oxygen atoms in total. The first kappa shape index (κ1) is 13.9. The van der Waals surface area contributed by atoms with Crippen molar-refractivity contribution in [2.75, 3.05) is 6.61 Å². The van der Waals surface area contributed by atoms with E-state index < -0.39 is 0 Å². The summed E-state index contributed by atoms with van der Waals surface area (Å²) in [5.74, 6) is -0.194. The lowest BCUT2D eigenvalue weighted by Gasteiger charge is -2.13. The van der Waals surface area contributed by atoms with Gasteiger partial charge >= 0.3 is 5.97 Å². The standard InChI is InChI=1S/C19H20O2/c1-2-21-19(20)18-13-16-8-7-14-3-5-15(6-4-14)9-11-17(18)12-10-16/h3-6,10,12-13H,2,7-9,11H2,1H3. The number of carbonyl (C=O) groups is 1. The van der Waals surface area contributed by atoms with Gasteiger partial charge in [0.25, 0.3) is 0 Å². The van der Waals surface area contributed by atoms with Crippen molar-refractivity contribution in [3.8, 4) is 0 Å². The molecule has 0 radical (unpaired) electrons. The summed E-state index contributed by atoms with van der Waals surface area (Å²) < 4.78 is 5.21. The highest BCUT2D eigenvalue weighted by atomic mass is 16.5. The fourth-order valence-electron chi connectivity index (χ4n) is 2.84. The van der Waals surface area contributed by atoms with E-state index in [1.54, 1.807) is 0 Å². The first-order valence-electron chi connectivity index (χ1n) is 7.63. The van der Waals surface area contributed by atoms with Crippen molar-refractivity contribution in [1.82, 2.24) is 0 Å². The third-order valence-electron chi connectivity index (χ3n) is 4.08. The van der Waals surface area contributed by atoms with Crippen molar-refractivity contribution < 1.29 is 9.53 Å². The normalized spacial score (nSPS) is 13.6. The predicted octanol–water partition coefficient (Wildman–Crippen LogP) is 3.75. The minimum Gasteiger partial charge on any atom is -0.462 e. The van der Waals surface area contributed by atoms with Crippen molar-refractivity contribution in [3.63, 3.8) is 0 Å². The molecule has 108 valence electrons. The number of carbonyl (C=O) groups excluding carboxylic acids is 1. The Hall–Kier alpha value is -2.09. The average Bonchev–Trinajstić information content (AvgIpc) is 2.50. The van der Waals surface area contributed by atoms with Crippen molar-refractivity contribution in [2.24, 2.45) is 0 Å². The van der Waals surface area contributed by atoms with Crippen LogP contribution in [0.4, 0.5) is 0 Å². The van der Waals surface area contributed by atoms with E-state index >= 15 is 0 Å². The summed E-state index contributed by atoms with van der Waals surface area (Å²) in [5.41, 5.74) is 5.69. The van der Waals surface area contributed by atoms with Gasteiger partial charge in [0.1, 0.15) is 0 Å². The van der Waals surface area contributed by atoms with Gasteiger partial charge in [0.15, 0.2) is 0 Å². The fraction of sp³-hybridized carbons (Fsp3) is 0.316. The van der Waals surface area contributed by atoms with E-state index in [0.29, 0.717) is 6.61 Å². The molecule has 0 unspecified atom stereocenters. The maximum atomic E-state index is 12.2. The highest BCUT2D eigenvalue weighted by Gasteiger charge is 2.14. The number of ether oxygens (including phenoxy) is 1. The van der Waals surface area contributed by atoms with Crippen LogP contribution in [-0.4, -0.2) is 12.6 Å². The second kappa shape index (κ2) is 6.13. The molecule has 0 saturated carbocycles. The predicted molar refractivity (Wildman–Crippen MR) is 83.7 cm³/mol. The van der Waals surface area contributed by atoms with Crippen molar-refractivity contribution >= 4 is 5.97 Å². The van der Waals surface area contributed by atoms with E-state index in [9.17, 15) is 4.79 Å². The first-order valence-corrected chi connectivity index (χ1v) is 7.63. The molecule has 0 heterocycles. The molecule has 0 saturated heterocycles. The van der Waals surface area contributed by atoms with Gasteiger partial charge in [-0.3, -0.25) is 0 Å². The Kier molecular flexibility index (Phi) is 4.05. The second-order valence-electron chi connectivity index (χ2n) is 5.53. The van der Waals surface area contributed by atoms with Crippen LogP contribution >= 0.6 is 0 Å². The quantitative estimate of drug-likeness (QED) is 0.783. The second-order valence-corrected chi connectivity index (χ2v) is 5.53. The highest BCUT2D eigenvalue weighted by Crippen LogP contribution is 2.20. The van der Waals surface area contributed by atoms with Gasteiger partial charge in [0.2, 0.25) is 0 Å². The molecule has 0 fully saturated rings.